The number of nitrogens with one attached hydrogen (secondary N) is 1. The number of hydrogen-bond donors (Lipinski definition) is 1. The molecule has 3 rings (SSSR count). The van der Waals surface area contributed by atoms with E-state index in [2.05, 4.69) is 42.3 Å². The van der Waals surface area contributed by atoms with E-state index in [1.165, 1.54) is 17.3 Å². The first-order valence-corrected chi connectivity index (χ1v) is 9.23. The highest BCUT2D eigenvalue weighted by Crippen LogP contribution is 2.24. The summed E-state index contributed by atoms with van der Waals surface area (Å²) in [5, 5.41) is 3.67. The lowest BCUT2D eigenvalue weighted by Gasteiger charge is -2.11. The van der Waals surface area contributed by atoms with Crippen LogP contribution in [0, 0.1) is 13.8 Å². The van der Waals surface area contributed by atoms with Gasteiger partial charge in [-0.3, -0.25) is 9.36 Å². The third-order valence-electron chi connectivity index (χ3n) is 3.92. The van der Waals surface area contributed by atoms with Gasteiger partial charge in [-0.1, -0.05) is 30.0 Å². The summed E-state index contributed by atoms with van der Waals surface area (Å²) in [6.07, 6.45) is 3.67. The van der Waals surface area contributed by atoms with Gasteiger partial charge in [0.25, 0.3) is 0 Å². The normalized spacial score (nSPS) is 10.6. The first kappa shape index (κ1) is 18.1. The molecule has 0 atom stereocenters. The summed E-state index contributed by atoms with van der Waals surface area (Å²) < 4.78 is 7.19. The number of ether oxygens (including phenoxy) is 1. The van der Waals surface area contributed by atoms with E-state index in [-0.39, 0.29) is 11.7 Å². The van der Waals surface area contributed by atoms with Gasteiger partial charge in [0.2, 0.25) is 5.91 Å². The molecule has 0 unspecified atom stereocenters. The number of benzene rings is 2. The SMILES string of the molecule is COc1cccc(NC(=O)CSc2nccn2-c2cc(C)ccc2C)c1. The number of hydrogen-bond acceptors (Lipinski definition) is 4. The van der Waals surface area contributed by atoms with Gasteiger partial charge in [-0.2, -0.15) is 0 Å². The van der Waals surface area contributed by atoms with Crippen LogP contribution in [0.1, 0.15) is 11.1 Å². The van der Waals surface area contributed by atoms with Crippen LogP contribution in [0.4, 0.5) is 5.69 Å². The molecule has 6 heteroatoms. The number of methoxy groups -OCH3 is 1. The van der Waals surface area contributed by atoms with Crippen LogP contribution in [0.2, 0.25) is 0 Å². The van der Waals surface area contributed by atoms with Crippen molar-refractivity contribution in [1.82, 2.24) is 9.55 Å². The molecule has 0 bridgehead atoms. The Morgan fingerprint density at radius 3 is 2.88 bits per heavy atom. The highest BCUT2D eigenvalue weighted by molar-refractivity contribution is 7.99. The average molecular weight is 367 g/mol. The van der Waals surface area contributed by atoms with E-state index in [4.69, 9.17) is 4.74 Å². The van der Waals surface area contributed by atoms with Crippen molar-refractivity contribution in [3.8, 4) is 11.4 Å². The van der Waals surface area contributed by atoms with E-state index in [1.807, 2.05) is 29.0 Å². The Kier molecular flexibility index (Phi) is 5.63. The number of imidazole rings is 1. The topological polar surface area (TPSA) is 56.1 Å². The monoisotopic (exact) mass is 367 g/mol. The molecule has 2 aromatic carbocycles. The van der Waals surface area contributed by atoms with Gasteiger partial charge in [0.1, 0.15) is 5.75 Å². The zero-order chi connectivity index (χ0) is 18.5. The maximum absolute atomic E-state index is 12.3. The Labute approximate surface area is 157 Å². The van der Waals surface area contributed by atoms with E-state index in [9.17, 15) is 4.79 Å². The predicted octanol–water partition coefficient (Wildman–Crippen LogP) is 4.23. The third kappa shape index (κ3) is 4.26. The van der Waals surface area contributed by atoms with Crippen LogP contribution in [0.3, 0.4) is 0 Å². The summed E-state index contributed by atoms with van der Waals surface area (Å²) >= 11 is 1.41. The Bertz CT molecular complexity index is 921. The molecular formula is C20H21N3O2S. The zero-order valence-corrected chi connectivity index (χ0v) is 15.8. The van der Waals surface area contributed by atoms with E-state index in [0.29, 0.717) is 11.4 Å². The molecule has 0 saturated heterocycles. The Hall–Kier alpha value is -2.73. The van der Waals surface area contributed by atoms with Gasteiger partial charge in [-0.15, -0.1) is 0 Å². The van der Waals surface area contributed by atoms with Crippen LogP contribution in [-0.4, -0.2) is 28.3 Å². The third-order valence-corrected chi connectivity index (χ3v) is 4.88. The molecular weight excluding hydrogens is 346 g/mol. The van der Waals surface area contributed by atoms with Gasteiger partial charge < -0.3 is 10.1 Å². The van der Waals surface area contributed by atoms with E-state index >= 15 is 0 Å². The van der Waals surface area contributed by atoms with Gasteiger partial charge in [-0.25, -0.2) is 4.98 Å². The molecule has 0 saturated carbocycles. The second-order valence-electron chi connectivity index (χ2n) is 5.94. The highest BCUT2D eigenvalue weighted by Gasteiger charge is 2.11. The second kappa shape index (κ2) is 8.10. The molecule has 0 fully saturated rings. The van der Waals surface area contributed by atoms with Gasteiger partial charge in [-0.05, 0) is 43.2 Å². The molecule has 26 heavy (non-hydrogen) atoms. The number of rotatable bonds is 6. The molecule has 1 aromatic heterocycles. The molecule has 0 spiro atoms. The molecule has 0 aliphatic carbocycles. The minimum absolute atomic E-state index is 0.0845. The number of thioether (sulfide) groups is 1. The van der Waals surface area contributed by atoms with Crippen LogP contribution in [0.15, 0.2) is 60.0 Å². The lowest BCUT2D eigenvalue weighted by molar-refractivity contribution is -0.113. The summed E-state index contributed by atoms with van der Waals surface area (Å²) in [6, 6.07) is 13.6. The largest absolute Gasteiger partial charge is 0.497 e. The average Bonchev–Trinajstić information content (AvgIpc) is 3.10. The standard InChI is InChI=1S/C20H21N3O2S/c1-14-7-8-15(2)18(11-14)23-10-9-21-20(23)26-13-19(24)22-16-5-4-6-17(12-16)25-3/h4-12H,13H2,1-3H3,(H,22,24). The van der Waals surface area contributed by atoms with Crippen LogP contribution in [-0.2, 0) is 4.79 Å². The highest BCUT2D eigenvalue weighted by atomic mass is 32.2. The number of amides is 1. The van der Waals surface area contributed by atoms with Crippen LogP contribution in [0.25, 0.3) is 5.69 Å². The summed E-state index contributed by atoms with van der Waals surface area (Å²) in [7, 11) is 1.60. The van der Waals surface area contributed by atoms with Crippen LogP contribution in [0.5, 0.6) is 5.75 Å². The molecule has 5 nitrogen and oxygen atoms in total. The van der Waals surface area contributed by atoms with E-state index in [0.717, 1.165) is 16.4 Å². The molecule has 1 amide bonds. The van der Waals surface area contributed by atoms with E-state index in [1.54, 1.807) is 19.4 Å². The van der Waals surface area contributed by atoms with Crippen molar-refractivity contribution >= 4 is 23.4 Å². The van der Waals surface area contributed by atoms with Crippen molar-refractivity contribution in [1.29, 1.82) is 0 Å². The van der Waals surface area contributed by atoms with Crippen molar-refractivity contribution in [2.24, 2.45) is 0 Å². The minimum atomic E-state index is -0.0845. The first-order chi connectivity index (χ1) is 12.6. The molecule has 0 aliphatic rings. The number of aromatic nitrogens is 2. The molecule has 3 aromatic rings. The van der Waals surface area contributed by atoms with Crippen molar-refractivity contribution < 1.29 is 9.53 Å². The molecule has 0 radical (unpaired) electrons. The minimum Gasteiger partial charge on any atom is -0.497 e. The van der Waals surface area contributed by atoms with Gasteiger partial charge in [0.15, 0.2) is 5.16 Å². The quantitative estimate of drug-likeness (QED) is 0.663. The molecule has 1 N–H and O–H groups in total. The van der Waals surface area contributed by atoms with Crippen LogP contribution < -0.4 is 10.1 Å². The Morgan fingerprint density at radius 1 is 1.23 bits per heavy atom. The maximum atomic E-state index is 12.3. The number of aryl methyl sites for hydroxylation is 2. The molecule has 134 valence electrons. The molecule has 0 aliphatic heterocycles. The number of carbonyl (C=O) groups excluding carboxylic acids is 1. The maximum Gasteiger partial charge on any atom is 0.234 e. The lowest BCUT2D eigenvalue weighted by atomic mass is 10.1. The fraction of sp³-hybridized carbons (Fsp3) is 0.200. The van der Waals surface area contributed by atoms with Crippen molar-refractivity contribution in [2.45, 2.75) is 19.0 Å². The smallest absolute Gasteiger partial charge is 0.234 e. The summed E-state index contributed by atoms with van der Waals surface area (Å²) in [5.41, 5.74) is 4.15. The number of nitrogens with zero attached hydrogens (tertiary/aromatic N) is 2. The first-order valence-electron chi connectivity index (χ1n) is 8.24. The van der Waals surface area contributed by atoms with Crippen molar-refractivity contribution in [2.75, 3.05) is 18.2 Å². The second-order valence-corrected chi connectivity index (χ2v) is 6.88. The summed E-state index contributed by atoms with van der Waals surface area (Å²) in [4.78, 5) is 16.7. The fourth-order valence-corrected chi connectivity index (χ4v) is 3.35. The van der Waals surface area contributed by atoms with Gasteiger partial charge in [0, 0.05) is 24.1 Å². The number of anilines is 1. The Balaban J connectivity index is 1.68. The number of carbonyl (C=O) groups is 1. The van der Waals surface area contributed by atoms with Crippen LogP contribution >= 0.6 is 11.8 Å². The Morgan fingerprint density at radius 2 is 2.08 bits per heavy atom. The molecule has 1 heterocycles. The van der Waals surface area contributed by atoms with Gasteiger partial charge >= 0.3 is 0 Å². The van der Waals surface area contributed by atoms with Crippen molar-refractivity contribution in [3.63, 3.8) is 0 Å². The summed E-state index contributed by atoms with van der Waals surface area (Å²) in [5.74, 6) is 0.902. The summed E-state index contributed by atoms with van der Waals surface area (Å²) in [6.45, 7) is 4.13. The predicted molar refractivity (Wildman–Crippen MR) is 105 cm³/mol. The fourth-order valence-electron chi connectivity index (χ4n) is 2.59. The van der Waals surface area contributed by atoms with E-state index < -0.39 is 0 Å². The lowest BCUT2D eigenvalue weighted by Crippen LogP contribution is -2.14. The zero-order valence-electron chi connectivity index (χ0n) is 15.0. The van der Waals surface area contributed by atoms with Gasteiger partial charge in [0.05, 0.1) is 18.6 Å². The van der Waals surface area contributed by atoms with Crippen molar-refractivity contribution in [3.05, 3.63) is 66.0 Å².